The summed E-state index contributed by atoms with van der Waals surface area (Å²) in [7, 11) is 1.63. The maximum absolute atomic E-state index is 12.5. The molecule has 4 rings (SSSR count). The van der Waals surface area contributed by atoms with Crippen LogP contribution in [0.2, 0.25) is 0 Å². The Morgan fingerprint density at radius 2 is 2.04 bits per heavy atom. The minimum atomic E-state index is -0.362. The number of aromatic nitrogens is 2. The maximum Gasteiger partial charge on any atom is 0.229 e. The number of H-pyrrole nitrogens is 1. The first-order chi connectivity index (χ1) is 13.7. The first-order valence-electron chi connectivity index (χ1n) is 9.30. The van der Waals surface area contributed by atoms with Crippen molar-refractivity contribution in [1.29, 1.82) is 0 Å². The third kappa shape index (κ3) is 3.55. The van der Waals surface area contributed by atoms with E-state index in [4.69, 9.17) is 4.74 Å². The Hall–Kier alpha value is -3.35. The van der Waals surface area contributed by atoms with E-state index in [1.807, 2.05) is 48.5 Å². The van der Waals surface area contributed by atoms with Crippen molar-refractivity contribution in [1.82, 2.24) is 15.5 Å². The second-order valence-electron chi connectivity index (χ2n) is 6.89. The average Bonchev–Trinajstić information content (AvgIpc) is 3.31. The number of hydrogen-bond donors (Lipinski definition) is 2. The highest BCUT2D eigenvalue weighted by atomic mass is 16.5. The van der Waals surface area contributed by atoms with E-state index in [0.29, 0.717) is 18.9 Å². The topological polar surface area (TPSA) is 87.3 Å². The summed E-state index contributed by atoms with van der Waals surface area (Å²) in [6.07, 6.45) is 0.930. The van der Waals surface area contributed by atoms with Crippen LogP contribution < -0.4 is 15.0 Å². The van der Waals surface area contributed by atoms with Crippen LogP contribution in [0.5, 0.6) is 5.75 Å². The Balaban J connectivity index is 1.35. The Morgan fingerprint density at radius 3 is 2.82 bits per heavy atom. The largest absolute Gasteiger partial charge is 0.497 e. The molecule has 2 N–H and O–H groups in total. The summed E-state index contributed by atoms with van der Waals surface area (Å²) in [5.41, 5.74) is 1.99. The first kappa shape index (κ1) is 18.0. The summed E-state index contributed by atoms with van der Waals surface area (Å²) in [5.74, 6) is 0.868. The average molecular weight is 378 g/mol. The summed E-state index contributed by atoms with van der Waals surface area (Å²) in [6, 6.07) is 15.4. The molecule has 7 heteroatoms. The summed E-state index contributed by atoms with van der Waals surface area (Å²) in [6.45, 7) is 0.878. The van der Waals surface area contributed by atoms with Crippen LogP contribution in [0.3, 0.4) is 0 Å². The number of nitrogens with one attached hydrogen (secondary N) is 2. The number of rotatable bonds is 6. The van der Waals surface area contributed by atoms with Crippen LogP contribution in [-0.2, 0) is 16.0 Å². The lowest BCUT2D eigenvalue weighted by Gasteiger charge is -2.14. The Morgan fingerprint density at radius 1 is 1.25 bits per heavy atom. The molecular weight excluding hydrogens is 356 g/mol. The van der Waals surface area contributed by atoms with E-state index in [1.165, 1.54) is 0 Å². The zero-order valence-electron chi connectivity index (χ0n) is 15.6. The monoisotopic (exact) mass is 378 g/mol. The van der Waals surface area contributed by atoms with Crippen LogP contribution in [-0.4, -0.2) is 42.2 Å². The van der Waals surface area contributed by atoms with Crippen molar-refractivity contribution in [3.8, 4) is 5.75 Å². The Kier molecular flexibility index (Phi) is 4.97. The van der Waals surface area contributed by atoms with Gasteiger partial charge in [-0.15, -0.1) is 0 Å². The van der Waals surface area contributed by atoms with Crippen LogP contribution in [0.25, 0.3) is 10.9 Å². The zero-order chi connectivity index (χ0) is 19.5. The van der Waals surface area contributed by atoms with Gasteiger partial charge in [0.1, 0.15) is 5.75 Å². The van der Waals surface area contributed by atoms with Gasteiger partial charge in [0.15, 0.2) is 5.82 Å². The molecule has 2 heterocycles. The van der Waals surface area contributed by atoms with Crippen LogP contribution in [0.15, 0.2) is 48.5 Å². The number of hydrogen-bond acceptors (Lipinski definition) is 4. The number of carbonyl (C=O) groups is 2. The molecule has 1 unspecified atom stereocenters. The number of aromatic amines is 1. The molecular formula is C21H22N4O3. The van der Waals surface area contributed by atoms with Crippen LogP contribution >= 0.6 is 0 Å². The van der Waals surface area contributed by atoms with Crippen molar-refractivity contribution in [2.75, 3.05) is 25.1 Å². The van der Waals surface area contributed by atoms with E-state index in [-0.39, 0.29) is 24.2 Å². The summed E-state index contributed by atoms with van der Waals surface area (Å²) in [4.78, 5) is 26.6. The van der Waals surface area contributed by atoms with E-state index in [9.17, 15) is 9.59 Å². The molecule has 1 aliphatic heterocycles. The second-order valence-corrected chi connectivity index (χ2v) is 6.89. The minimum Gasteiger partial charge on any atom is -0.497 e. The first-order valence-corrected chi connectivity index (χ1v) is 9.30. The van der Waals surface area contributed by atoms with Gasteiger partial charge in [0.05, 0.1) is 18.5 Å². The van der Waals surface area contributed by atoms with Crippen molar-refractivity contribution < 1.29 is 14.3 Å². The number of methoxy groups -OCH3 is 1. The zero-order valence-corrected chi connectivity index (χ0v) is 15.6. The van der Waals surface area contributed by atoms with Crippen LogP contribution in [0, 0.1) is 5.92 Å². The van der Waals surface area contributed by atoms with Gasteiger partial charge in [-0.25, -0.2) is 0 Å². The van der Waals surface area contributed by atoms with Crippen molar-refractivity contribution in [2.45, 2.75) is 12.8 Å². The molecule has 0 aliphatic carbocycles. The molecule has 0 saturated carbocycles. The molecule has 2 aromatic carbocycles. The quantitative estimate of drug-likeness (QED) is 0.689. The fraction of sp³-hybridized carbons (Fsp3) is 0.286. The van der Waals surface area contributed by atoms with E-state index in [1.54, 1.807) is 12.0 Å². The standard InChI is InChI=1S/C21H22N4O3/c1-28-16-8-6-14(7-9-16)10-11-22-21(27)15-12-19(26)25(13-15)20-17-4-2-3-5-18(17)23-24-20/h2-9,15H,10-13H2,1H3,(H,22,27)(H,23,24). The molecule has 2 amide bonds. The number of fused-ring (bicyclic) bond motifs is 1. The van der Waals surface area contributed by atoms with E-state index < -0.39 is 0 Å². The van der Waals surface area contributed by atoms with Crippen molar-refractivity contribution in [2.24, 2.45) is 5.92 Å². The van der Waals surface area contributed by atoms with Crippen molar-refractivity contribution in [3.63, 3.8) is 0 Å². The SMILES string of the molecule is COc1ccc(CCNC(=O)C2CC(=O)N(c3n[nH]c4ccccc34)C2)cc1. The lowest BCUT2D eigenvalue weighted by Crippen LogP contribution is -2.34. The molecule has 7 nitrogen and oxygen atoms in total. The molecule has 28 heavy (non-hydrogen) atoms. The normalized spacial score (nSPS) is 16.5. The molecule has 0 spiro atoms. The fourth-order valence-electron chi connectivity index (χ4n) is 3.51. The predicted molar refractivity (Wildman–Crippen MR) is 106 cm³/mol. The van der Waals surface area contributed by atoms with Crippen molar-refractivity contribution in [3.05, 3.63) is 54.1 Å². The number of anilines is 1. The third-order valence-electron chi connectivity index (χ3n) is 5.07. The van der Waals surface area contributed by atoms with E-state index >= 15 is 0 Å². The molecule has 1 saturated heterocycles. The van der Waals surface area contributed by atoms with Gasteiger partial charge in [0, 0.05) is 24.9 Å². The van der Waals surface area contributed by atoms with Gasteiger partial charge in [0.25, 0.3) is 0 Å². The highest BCUT2D eigenvalue weighted by molar-refractivity contribution is 6.05. The molecule has 144 valence electrons. The molecule has 0 radical (unpaired) electrons. The van der Waals surface area contributed by atoms with Gasteiger partial charge in [-0.2, -0.15) is 5.10 Å². The van der Waals surface area contributed by atoms with Crippen LogP contribution in [0.4, 0.5) is 5.82 Å². The number of amides is 2. The van der Waals surface area contributed by atoms with Gasteiger partial charge < -0.3 is 10.1 Å². The molecule has 3 aromatic rings. The lowest BCUT2D eigenvalue weighted by atomic mass is 10.1. The lowest BCUT2D eigenvalue weighted by molar-refractivity contribution is -0.126. The number of para-hydroxylation sites is 1. The number of nitrogens with zero attached hydrogens (tertiary/aromatic N) is 2. The van der Waals surface area contributed by atoms with Gasteiger partial charge in [-0.1, -0.05) is 24.3 Å². The molecule has 1 atom stereocenters. The minimum absolute atomic E-state index is 0.0763. The third-order valence-corrected chi connectivity index (χ3v) is 5.07. The molecule has 1 fully saturated rings. The number of benzene rings is 2. The van der Waals surface area contributed by atoms with Gasteiger partial charge in [-0.3, -0.25) is 19.6 Å². The molecule has 1 aliphatic rings. The van der Waals surface area contributed by atoms with Gasteiger partial charge in [-0.05, 0) is 36.2 Å². The maximum atomic E-state index is 12.5. The summed E-state index contributed by atoms with van der Waals surface area (Å²) >= 11 is 0. The highest BCUT2D eigenvalue weighted by Gasteiger charge is 2.36. The number of carbonyl (C=O) groups excluding carboxylic acids is 2. The Bertz CT molecular complexity index is 996. The summed E-state index contributed by atoms with van der Waals surface area (Å²) in [5, 5.41) is 11.0. The number of ether oxygens (including phenoxy) is 1. The van der Waals surface area contributed by atoms with E-state index in [2.05, 4.69) is 15.5 Å². The van der Waals surface area contributed by atoms with Crippen LogP contribution in [0.1, 0.15) is 12.0 Å². The van der Waals surface area contributed by atoms with Gasteiger partial charge >= 0.3 is 0 Å². The molecule has 0 bridgehead atoms. The fourth-order valence-corrected chi connectivity index (χ4v) is 3.51. The molecule has 1 aromatic heterocycles. The smallest absolute Gasteiger partial charge is 0.229 e. The van der Waals surface area contributed by atoms with Crippen molar-refractivity contribution >= 4 is 28.5 Å². The van der Waals surface area contributed by atoms with E-state index in [0.717, 1.165) is 28.6 Å². The predicted octanol–water partition coefficient (Wildman–Crippen LogP) is 2.28. The second kappa shape index (κ2) is 7.72. The summed E-state index contributed by atoms with van der Waals surface area (Å²) < 4.78 is 5.14. The van der Waals surface area contributed by atoms with Gasteiger partial charge in [0.2, 0.25) is 11.8 Å². The Labute approximate surface area is 162 Å². The highest BCUT2D eigenvalue weighted by Crippen LogP contribution is 2.29.